The summed E-state index contributed by atoms with van der Waals surface area (Å²) in [7, 11) is 0. The van der Waals surface area contributed by atoms with Crippen molar-refractivity contribution in [2.24, 2.45) is 4.99 Å². The number of thioether (sulfide) groups is 1. The van der Waals surface area contributed by atoms with Crippen LogP contribution in [-0.2, 0) is 9.59 Å². The van der Waals surface area contributed by atoms with Crippen LogP contribution >= 0.6 is 23.4 Å². The van der Waals surface area contributed by atoms with E-state index in [0.29, 0.717) is 15.9 Å². The first-order chi connectivity index (χ1) is 12.4. The van der Waals surface area contributed by atoms with Gasteiger partial charge in [0.15, 0.2) is 5.17 Å². The minimum absolute atomic E-state index is 0.0644. The zero-order valence-corrected chi connectivity index (χ0v) is 15.9. The number of hydrogen-bond acceptors (Lipinski definition) is 4. The third-order valence-electron chi connectivity index (χ3n) is 3.87. The molecule has 0 saturated carbocycles. The molecule has 134 valence electrons. The van der Waals surface area contributed by atoms with Gasteiger partial charge >= 0.3 is 0 Å². The van der Waals surface area contributed by atoms with Crippen LogP contribution in [0.4, 0.5) is 11.4 Å². The van der Waals surface area contributed by atoms with Crippen molar-refractivity contribution in [1.82, 2.24) is 5.32 Å². The van der Waals surface area contributed by atoms with Gasteiger partial charge in [0, 0.05) is 17.1 Å². The fourth-order valence-corrected chi connectivity index (χ4v) is 3.55. The van der Waals surface area contributed by atoms with E-state index in [0.717, 1.165) is 16.8 Å². The van der Waals surface area contributed by atoms with Crippen molar-refractivity contribution in [2.45, 2.75) is 25.5 Å². The maximum Gasteiger partial charge on any atom is 0.240 e. The summed E-state index contributed by atoms with van der Waals surface area (Å²) in [5, 5.41) is 6.09. The Morgan fingerprint density at radius 2 is 1.96 bits per heavy atom. The number of carbonyl (C=O) groups is 2. The van der Waals surface area contributed by atoms with Gasteiger partial charge < -0.3 is 10.6 Å². The van der Waals surface area contributed by atoms with Crippen LogP contribution in [0.2, 0.25) is 5.02 Å². The van der Waals surface area contributed by atoms with Crippen molar-refractivity contribution in [3.05, 3.63) is 58.6 Å². The van der Waals surface area contributed by atoms with Crippen LogP contribution < -0.4 is 10.6 Å². The number of amidine groups is 1. The molecular weight excluding hydrogens is 370 g/mol. The smallest absolute Gasteiger partial charge is 0.240 e. The second kappa shape index (κ2) is 7.93. The Morgan fingerprint density at radius 3 is 2.65 bits per heavy atom. The predicted molar refractivity (Wildman–Crippen MR) is 107 cm³/mol. The molecule has 1 atom stereocenters. The van der Waals surface area contributed by atoms with E-state index < -0.39 is 5.25 Å². The molecule has 2 aromatic carbocycles. The topological polar surface area (TPSA) is 70.6 Å². The predicted octanol–water partition coefficient (Wildman–Crippen LogP) is 4.20. The molecule has 0 unspecified atom stereocenters. The Morgan fingerprint density at radius 1 is 1.23 bits per heavy atom. The van der Waals surface area contributed by atoms with Gasteiger partial charge in [-0.05, 0) is 43.7 Å². The van der Waals surface area contributed by atoms with Gasteiger partial charge in [-0.15, -0.1) is 0 Å². The Hall–Kier alpha value is -2.31. The third kappa shape index (κ3) is 4.65. The summed E-state index contributed by atoms with van der Waals surface area (Å²) in [6, 6.07) is 13.0. The first-order valence-electron chi connectivity index (χ1n) is 8.09. The lowest BCUT2D eigenvalue weighted by molar-refractivity contribution is -0.122. The van der Waals surface area contributed by atoms with Crippen LogP contribution in [0.15, 0.2) is 47.5 Å². The van der Waals surface area contributed by atoms with Crippen molar-refractivity contribution in [3.63, 3.8) is 0 Å². The van der Waals surface area contributed by atoms with Gasteiger partial charge in [0.1, 0.15) is 5.25 Å². The number of nitrogens with one attached hydrogen (secondary N) is 2. The zero-order chi connectivity index (χ0) is 18.7. The Labute approximate surface area is 161 Å². The van der Waals surface area contributed by atoms with Crippen LogP contribution in [0.1, 0.15) is 17.5 Å². The molecule has 5 nitrogen and oxygen atoms in total. The third-order valence-corrected chi connectivity index (χ3v) is 5.36. The van der Waals surface area contributed by atoms with Gasteiger partial charge in [-0.2, -0.15) is 0 Å². The first-order valence-corrected chi connectivity index (χ1v) is 9.35. The molecule has 2 aromatic rings. The normalized spacial score (nSPS) is 18.0. The molecule has 1 saturated heterocycles. The first kappa shape index (κ1) is 18.5. The summed E-state index contributed by atoms with van der Waals surface area (Å²) < 4.78 is 0. The molecule has 1 aliphatic heterocycles. The van der Waals surface area contributed by atoms with Crippen molar-refractivity contribution < 1.29 is 9.59 Å². The number of aryl methyl sites for hydroxylation is 2. The highest BCUT2D eigenvalue weighted by atomic mass is 35.5. The number of hydrogen-bond donors (Lipinski definition) is 2. The molecule has 2 amide bonds. The Bertz CT molecular complexity index is 881. The highest BCUT2D eigenvalue weighted by Gasteiger charge is 2.32. The standard InChI is InChI=1S/C19H18ClN3O2S/c1-11-3-6-13(7-4-11)22-19-23-18(25)16(26-19)10-17(24)21-14-8-5-12(2)15(20)9-14/h3-9,16H,10H2,1-2H3,(H,21,24)(H,22,23,25)/t16-/m0/s1. The van der Waals surface area contributed by atoms with Crippen molar-refractivity contribution in [3.8, 4) is 0 Å². The van der Waals surface area contributed by atoms with Crippen LogP contribution in [-0.4, -0.2) is 22.2 Å². The largest absolute Gasteiger partial charge is 0.326 e. The SMILES string of the molecule is Cc1ccc(N=C2NC(=O)[C@H](CC(=O)Nc3ccc(C)c(Cl)c3)S2)cc1. The zero-order valence-electron chi connectivity index (χ0n) is 14.4. The molecule has 0 radical (unpaired) electrons. The lowest BCUT2D eigenvalue weighted by Gasteiger charge is -2.08. The molecule has 2 N–H and O–H groups in total. The maximum absolute atomic E-state index is 12.2. The summed E-state index contributed by atoms with van der Waals surface area (Å²) in [5.74, 6) is -0.452. The molecule has 0 aromatic heterocycles. The van der Waals surface area contributed by atoms with Crippen LogP contribution in [0.5, 0.6) is 0 Å². The number of amides is 2. The van der Waals surface area contributed by atoms with Gasteiger partial charge in [0.05, 0.1) is 5.69 Å². The van der Waals surface area contributed by atoms with E-state index in [4.69, 9.17) is 11.6 Å². The summed E-state index contributed by atoms with van der Waals surface area (Å²) in [5.41, 5.74) is 3.45. The number of nitrogens with zero attached hydrogens (tertiary/aromatic N) is 1. The summed E-state index contributed by atoms with van der Waals surface area (Å²) >= 11 is 7.33. The number of benzene rings is 2. The molecule has 7 heteroatoms. The van der Waals surface area contributed by atoms with Crippen LogP contribution in [0.25, 0.3) is 0 Å². The second-order valence-electron chi connectivity index (χ2n) is 6.06. The number of aliphatic imine (C=N–C) groups is 1. The molecule has 0 bridgehead atoms. The number of carbonyl (C=O) groups excluding carboxylic acids is 2. The van der Waals surface area contributed by atoms with Crippen molar-refractivity contribution in [1.29, 1.82) is 0 Å². The molecular formula is C19H18ClN3O2S. The number of rotatable bonds is 4. The van der Waals surface area contributed by atoms with E-state index in [2.05, 4.69) is 15.6 Å². The average molecular weight is 388 g/mol. The quantitative estimate of drug-likeness (QED) is 0.825. The van der Waals surface area contributed by atoms with E-state index in [1.54, 1.807) is 12.1 Å². The molecule has 0 aliphatic carbocycles. The van der Waals surface area contributed by atoms with Gasteiger partial charge in [-0.25, -0.2) is 4.99 Å². The number of halogens is 1. The minimum Gasteiger partial charge on any atom is -0.326 e. The molecule has 1 aliphatic rings. The fraction of sp³-hybridized carbons (Fsp3) is 0.211. The summed E-state index contributed by atoms with van der Waals surface area (Å²) in [6.45, 7) is 3.89. The summed E-state index contributed by atoms with van der Waals surface area (Å²) in [4.78, 5) is 28.7. The van der Waals surface area contributed by atoms with E-state index in [1.807, 2.05) is 44.2 Å². The van der Waals surface area contributed by atoms with Crippen molar-refractivity contribution >= 4 is 51.7 Å². The molecule has 26 heavy (non-hydrogen) atoms. The Balaban J connectivity index is 1.61. The number of anilines is 1. The molecule has 1 fully saturated rings. The van der Waals surface area contributed by atoms with Crippen LogP contribution in [0, 0.1) is 13.8 Å². The molecule has 1 heterocycles. The molecule has 0 spiro atoms. The average Bonchev–Trinajstić information content (AvgIpc) is 2.92. The van der Waals surface area contributed by atoms with E-state index in [-0.39, 0.29) is 18.2 Å². The highest BCUT2D eigenvalue weighted by molar-refractivity contribution is 8.15. The summed E-state index contributed by atoms with van der Waals surface area (Å²) in [6.07, 6.45) is 0.0644. The minimum atomic E-state index is -0.500. The van der Waals surface area contributed by atoms with E-state index >= 15 is 0 Å². The van der Waals surface area contributed by atoms with Crippen molar-refractivity contribution in [2.75, 3.05) is 5.32 Å². The second-order valence-corrected chi connectivity index (χ2v) is 7.66. The fourth-order valence-electron chi connectivity index (χ4n) is 2.38. The Kier molecular flexibility index (Phi) is 5.64. The van der Waals surface area contributed by atoms with Gasteiger partial charge in [-0.1, -0.05) is 47.1 Å². The maximum atomic E-state index is 12.2. The van der Waals surface area contributed by atoms with Crippen LogP contribution in [0.3, 0.4) is 0 Å². The lowest BCUT2D eigenvalue weighted by atomic mass is 10.2. The lowest BCUT2D eigenvalue weighted by Crippen LogP contribution is -2.28. The monoisotopic (exact) mass is 387 g/mol. The van der Waals surface area contributed by atoms with Gasteiger partial charge in [-0.3, -0.25) is 9.59 Å². The van der Waals surface area contributed by atoms with Gasteiger partial charge in [0.25, 0.3) is 0 Å². The van der Waals surface area contributed by atoms with Gasteiger partial charge in [0.2, 0.25) is 11.8 Å². The molecule has 3 rings (SSSR count). The van der Waals surface area contributed by atoms with E-state index in [1.165, 1.54) is 11.8 Å². The highest BCUT2D eigenvalue weighted by Crippen LogP contribution is 2.26. The van der Waals surface area contributed by atoms with E-state index in [9.17, 15) is 9.59 Å².